The van der Waals surface area contributed by atoms with Crippen LogP contribution in [0.1, 0.15) is 16.8 Å². The predicted octanol–water partition coefficient (Wildman–Crippen LogP) is 2.04. The third kappa shape index (κ3) is 2.87. The number of aromatic nitrogens is 2. The van der Waals surface area contributed by atoms with E-state index in [1.54, 1.807) is 20.8 Å². The summed E-state index contributed by atoms with van der Waals surface area (Å²) in [6.45, 7) is 4.75. The molecule has 0 radical (unpaired) electrons. The zero-order valence-corrected chi connectivity index (χ0v) is 12.5. The Bertz CT molecular complexity index is 811. The van der Waals surface area contributed by atoms with Gasteiger partial charge in [0.2, 0.25) is 0 Å². The highest BCUT2D eigenvalue weighted by Gasteiger charge is 2.21. The monoisotopic (exact) mass is 310 g/mol. The lowest BCUT2D eigenvalue weighted by Crippen LogP contribution is -2.14. The van der Waals surface area contributed by atoms with Crippen molar-refractivity contribution in [3.8, 4) is 0 Å². The highest BCUT2D eigenvalue weighted by molar-refractivity contribution is 7.92. The maximum absolute atomic E-state index is 12.3. The van der Waals surface area contributed by atoms with Gasteiger partial charge in [-0.2, -0.15) is 5.10 Å². The van der Waals surface area contributed by atoms with Crippen LogP contribution < -0.4 is 4.72 Å². The molecule has 0 amide bonds. The highest BCUT2D eigenvalue weighted by Crippen LogP contribution is 2.28. The summed E-state index contributed by atoms with van der Waals surface area (Å²) < 4.78 is 26.9. The van der Waals surface area contributed by atoms with Crippen molar-refractivity contribution in [1.29, 1.82) is 0 Å². The summed E-state index contributed by atoms with van der Waals surface area (Å²) in [5.74, 6) is 0. The summed E-state index contributed by atoms with van der Waals surface area (Å²) in [5, 5.41) is 17.1. The first kappa shape index (κ1) is 15.0. The number of H-pyrrole nitrogens is 1. The van der Waals surface area contributed by atoms with Crippen LogP contribution in [0.2, 0.25) is 0 Å². The van der Waals surface area contributed by atoms with Crippen LogP contribution in [0.25, 0.3) is 0 Å². The van der Waals surface area contributed by atoms with E-state index in [0.29, 0.717) is 22.5 Å². The van der Waals surface area contributed by atoms with Gasteiger partial charge in [-0.1, -0.05) is 0 Å². The number of sulfonamides is 1. The molecular formula is C12H14N4O4S. The smallest absolute Gasteiger partial charge is 0.272 e. The molecule has 2 rings (SSSR count). The van der Waals surface area contributed by atoms with Crippen LogP contribution >= 0.6 is 0 Å². The van der Waals surface area contributed by atoms with Crippen molar-refractivity contribution in [2.75, 3.05) is 4.72 Å². The molecule has 0 atom stereocenters. The maximum Gasteiger partial charge on any atom is 0.272 e. The molecule has 0 aliphatic heterocycles. The van der Waals surface area contributed by atoms with Gasteiger partial charge in [0.1, 0.15) is 4.90 Å². The van der Waals surface area contributed by atoms with Crippen molar-refractivity contribution < 1.29 is 13.3 Å². The molecule has 112 valence electrons. The molecule has 21 heavy (non-hydrogen) atoms. The molecule has 0 bridgehead atoms. The largest absolute Gasteiger partial charge is 0.281 e. The predicted molar refractivity (Wildman–Crippen MR) is 76.7 cm³/mol. The van der Waals surface area contributed by atoms with Crippen molar-refractivity contribution in [2.24, 2.45) is 0 Å². The van der Waals surface area contributed by atoms with Crippen molar-refractivity contribution >= 4 is 21.4 Å². The second-order valence-corrected chi connectivity index (χ2v) is 6.33. The van der Waals surface area contributed by atoms with Crippen LogP contribution in [0.5, 0.6) is 0 Å². The number of anilines is 1. The van der Waals surface area contributed by atoms with Crippen LogP contribution in [0.4, 0.5) is 11.4 Å². The zero-order chi connectivity index (χ0) is 15.8. The second kappa shape index (κ2) is 5.17. The molecule has 0 saturated carbocycles. The fraction of sp³-hybridized carbons (Fsp3) is 0.250. The van der Waals surface area contributed by atoms with Crippen LogP contribution in [0.15, 0.2) is 23.2 Å². The zero-order valence-electron chi connectivity index (χ0n) is 11.7. The molecule has 1 heterocycles. The van der Waals surface area contributed by atoms with Gasteiger partial charge in [-0.3, -0.25) is 19.9 Å². The molecule has 9 heteroatoms. The number of benzene rings is 1. The SMILES string of the molecule is Cc1cc([N+](=O)[O-])c(C)cc1NS(=O)(=O)c1cn[nH]c1C. The van der Waals surface area contributed by atoms with Gasteiger partial charge in [0, 0.05) is 11.6 Å². The first-order valence-corrected chi connectivity index (χ1v) is 7.49. The van der Waals surface area contributed by atoms with E-state index in [0.717, 1.165) is 0 Å². The van der Waals surface area contributed by atoms with Crippen molar-refractivity contribution in [2.45, 2.75) is 25.7 Å². The van der Waals surface area contributed by atoms with Gasteiger partial charge in [0.15, 0.2) is 0 Å². The van der Waals surface area contributed by atoms with E-state index >= 15 is 0 Å². The minimum absolute atomic E-state index is 0.0397. The Labute approximate surface area is 121 Å². The quantitative estimate of drug-likeness (QED) is 0.661. The fourth-order valence-corrected chi connectivity index (χ4v) is 3.18. The Morgan fingerprint density at radius 1 is 1.24 bits per heavy atom. The Balaban J connectivity index is 2.43. The third-order valence-corrected chi connectivity index (χ3v) is 4.54. The average molecular weight is 310 g/mol. The van der Waals surface area contributed by atoms with E-state index in [1.807, 2.05) is 0 Å². The minimum atomic E-state index is -3.79. The lowest BCUT2D eigenvalue weighted by Gasteiger charge is -2.11. The summed E-state index contributed by atoms with van der Waals surface area (Å²) in [6.07, 6.45) is 1.21. The molecule has 1 aromatic carbocycles. The lowest BCUT2D eigenvalue weighted by molar-refractivity contribution is -0.385. The molecule has 0 aliphatic carbocycles. The minimum Gasteiger partial charge on any atom is -0.281 e. The van der Waals surface area contributed by atoms with Crippen LogP contribution in [-0.4, -0.2) is 23.5 Å². The molecule has 8 nitrogen and oxygen atoms in total. The van der Waals surface area contributed by atoms with Gasteiger partial charge >= 0.3 is 0 Å². The molecule has 2 N–H and O–H groups in total. The molecular weight excluding hydrogens is 296 g/mol. The van der Waals surface area contributed by atoms with Gasteiger partial charge in [-0.15, -0.1) is 0 Å². The number of aromatic amines is 1. The maximum atomic E-state index is 12.3. The van der Waals surface area contributed by atoms with E-state index in [2.05, 4.69) is 14.9 Å². The third-order valence-electron chi connectivity index (χ3n) is 3.06. The van der Waals surface area contributed by atoms with Gasteiger partial charge in [0.05, 0.1) is 22.5 Å². The first-order chi connectivity index (χ1) is 9.72. The average Bonchev–Trinajstić information content (AvgIpc) is 2.80. The topological polar surface area (TPSA) is 118 Å². The number of nitro benzene ring substituents is 1. The van der Waals surface area contributed by atoms with Crippen LogP contribution in [0, 0.1) is 30.9 Å². The molecule has 0 unspecified atom stereocenters. The fourth-order valence-electron chi connectivity index (χ4n) is 1.92. The Morgan fingerprint density at radius 3 is 2.43 bits per heavy atom. The molecule has 0 fully saturated rings. The highest BCUT2D eigenvalue weighted by atomic mass is 32.2. The van der Waals surface area contributed by atoms with Crippen LogP contribution in [-0.2, 0) is 10.0 Å². The molecule has 0 spiro atoms. The van der Waals surface area contributed by atoms with E-state index in [-0.39, 0.29) is 10.6 Å². The van der Waals surface area contributed by atoms with E-state index in [9.17, 15) is 18.5 Å². The number of nitrogens with zero attached hydrogens (tertiary/aromatic N) is 2. The summed E-state index contributed by atoms with van der Waals surface area (Å²) >= 11 is 0. The number of nitrogens with one attached hydrogen (secondary N) is 2. The van der Waals surface area contributed by atoms with Crippen molar-refractivity contribution in [1.82, 2.24) is 10.2 Å². The molecule has 2 aromatic rings. The summed E-state index contributed by atoms with van der Waals surface area (Å²) in [7, 11) is -3.79. The molecule has 0 aliphatic rings. The lowest BCUT2D eigenvalue weighted by atomic mass is 10.1. The van der Waals surface area contributed by atoms with Crippen molar-refractivity contribution in [3.05, 3.63) is 45.3 Å². The number of hydrogen-bond acceptors (Lipinski definition) is 5. The van der Waals surface area contributed by atoms with E-state index < -0.39 is 14.9 Å². The van der Waals surface area contributed by atoms with E-state index in [1.165, 1.54) is 18.3 Å². The summed E-state index contributed by atoms with van der Waals surface area (Å²) in [6, 6.07) is 2.79. The van der Waals surface area contributed by atoms with Gasteiger partial charge in [0.25, 0.3) is 15.7 Å². The molecule has 1 aromatic heterocycles. The molecule has 0 saturated heterocycles. The van der Waals surface area contributed by atoms with Crippen LogP contribution in [0.3, 0.4) is 0 Å². The number of hydrogen-bond donors (Lipinski definition) is 2. The second-order valence-electron chi connectivity index (χ2n) is 4.68. The van der Waals surface area contributed by atoms with Gasteiger partial charge in [-0.05, 0) is 32.4 Å². The number of nitro groups is 1. The Morgan fingerprint density at radius 2 is 1.90 bits per heavy atom. The Kier molecular flexibility index (Phi) is 3.69. The first-order valence-electron chi connectivity index (χ1n) is 6.01. The number of aryl methyl sites for hydroxylation is 3. The van der Waals surface area contributed by atoms with E-state index in [4.69, 9.17) is 0 Å². The van der Waals surface area contributed by atoms with Gasteiger partial charge < -0.3 is 0 Å². The summed E-state index contributed by atoms with van der Waals surface area (Å²) in [5.41, 5.74) is 1.52. The Hall–Kier alpha value is -2.42. The standard InChI is InChI=1S/C12H14N4O4S/c1-7-5-11(16(17)18)8(2)4-10(7)15-21(19,20)12-6-13-14-9(12)3/h4-6,15H,1-3H3,(H,13,14). The summed E-state index contributed by atoms with van der Waals surface area (Å²) in [4.78, 5) is 10.4. The number of rotatable bonds is 4. The van der Waals surface area contributed by atoms with Gasteiger partial charge in [-0.25, -0.2) is 8.42 Å². The normalized spacial score (nSPS) is 11.4. The van der Waals surface area contributed by atoms with Crippen molar-refractivity contribution in [3.63, 3.8) is 0 Å².